The highest BCUT2D eigenvalue weighted by Crippen LogP contribution is 2.33. The molecule has 0 aliphatic carbocycles. The second kappa shape index (κ2) is 8.10. The van der Waals surface area contributed by atoms with Crippen molar-refractivity contribution in [1.29, 1.82) is 0 Å². The van der Waals surface area contributed by atoms with Crippen LogP contribution in [-0.2, 0) is 14.4 Å². The van der Waals surface area contributed by atoms with Gasteiger partial charge in [0.15, 0.2) is 0 Å². The van der Waals surface area contributed by atoms with Crippen LogP contribution in [0.5, 0.6) is 0 Å². The van der Waals surface area contributed by atoms with E-state index in [-0.39, 0.29) is 12.5 Å². The molecule has 1 atom stereocenters. The van der Waals surface area contributed by atoms with E-state index >= 15 is 0 Å². The molecule has 27 heavy (non-hydrogen) atoms. The number of benzene rings is 1. The largest absolute Gasteiger partial charge is 0.462 e. The number of aryl methyl sites for hydroxylation is 1. The smallest absolute Gasteiger partial charge is 0.341 e. The molecule has 1 amide bonds. The van der Waals surface area contributed by atoms with Gasteiger partial charge in [-0.25, -0.2) is 4.79 Å². The molecule has 142 valence electrons. The normalized spacial score (nSPS) is 15.9. The van der Waals surface area contributed by atoms with Gasteiger partial charge < -0.3 is 14.9 Å². The van der Waals surface area contributed by atoms with Gasteiger partial charge in [0.1, 0.15) is 5.00 Å². The first-order chi connectivity index (χ1) is 12.9. The number of rotatable bonds is 5. The molecule has 2 heterocycles. The van der Waals surface area contributed by atoms with Gasteiger partial charge in [0.05, 0.1) is 17.9 Å². The highest BCUT2D eigenvalue weighted by atomic mass is 35.5. The summed E-state index contributed by atoms with van der Waals surface area (Å²) in [7, 11) is 0. The maximum absolute atomic E-state index is 12.6. The number of anilines is 1. The zero-order valence-electron chi connectivity index (χ0n) is 15.2. The minimum atomic E-state index is -0.783. The predicted octanol–water partition coefficient (Wildman–Crippen LogP) is 4.33. The quantitative estimate of drug-likeness (QED) is 0.750. The van der Waals surface area contributed by atoms with Crippen LogP contribution in [0, 0.1) is 13.8 Å². The Morgan fingerprint density at radius 2 is 2.11 bits per heavy atom. The Balaban J connectivity index is 1.73. The number of nitrogens with one attached hydrogen (secondary N) is 1. The summed E-state index contributed by atoms with van der Waals surface area (Å²) in [5.74, 6) is -0.817. The number of esters is 1. The van der Waals surface area contributed by atoms with Crippen molar-refractivity contribution in [2.45, 2.75) is 33.3 Å². The molecule has 0 saturated carbocycles. The maximum Gasteiger partial charge on any atom is 0.341 e. The number of oxime groups is 1. The van der Waals surface area contributed by atoms with Crippen molar-refractivity contribution in [1.82, 2.24) is 0 Å². The van der Waals surface area contributed by atoms with E-state index in [0.717, 1.165) is 16.0 Å². The van der Waals surface area contributed by atoms with Crippen LogP contribution in [0.2, 0.25) is 5.02 Å². The minimum absolute atomic E-state index is 0.265. The molecule has 1 aromatic heterocycles. The van der Waals surface area contributed by atoms with E-state index in [2.05, 4.69) is 10.5 Å². The van der Waals surface area contributed by atoms with Crippen molar-refractivity contribution in [2.24, 2.45) is 5.16 Å². The summed E-state index contributed by atoms with van der Waals surface area (Å²) in [6.45, 7) is 5.73. The van der Waals surface area contributed by atoms with Gasteiger partial charge in [0.25, 0.3) is 5.91 Å². The first kappa shape index (κ1) is 19.4. The molecule has 6 nitrogen and oxygen atoms in total. The number of amides is 1. The van der Waals surface area contributed by atoms with Gasteiger partial charge in [-0.3, -0.25) is 4.79 Å². The van der Waals surface area contributed by atoms with Crippen LogP contribution in [0.3, 0.4) is 0 Å². The number of hydrogen-bond donors (Lipinski definition) is 1. The van der Waals surface area contributed by atoms with Crippen LogP contribution in [0.15, 0.2) is 29.4 Å². The lowest BCUT2D eigenvalue weighted by Crippen LogP contribution is -2.28. The molecule has 0 fully saturated rings. The first-order valence-corrected chi connectivity index (χ1v) is 9.67. The Labute approximate surface area is 166 Å². The van der Waals surface area contributed by atoms with Gasteiger partial charge in [0.2, 0.25) is 6.10 Å². The van der Waals surface area contributed by atoms with Crippen LogP contribution >= 0.6 is 22.9 Å². The molecule has 8 heteroatoms. The van der Waals surface area contributed by atoms with E-state index in [4.69, 9.17) is 21.2 Å². The molecule has 3 rings (SSSR count). The fourth-order valence-electron chi connectivity index (χ4n) is 2.73. The lowest BCUT2D eigenvalue weighted by Gasteiger charge is -2.10. The summed E-state index contributed by atoms with van der Waals surface area (Å²) in [6, 6.07) is 7.26. The van der Waals surface area contributed by atoms with Gasteiger partial charge in [-0.2, -0.15) is 0 Å². The van der Waals surface area contributed by atoms with Crippen LogP contribution in [-0.4, -0.2) is 30.3 Å². The van der Waals surface area contributed by atoms with Gasteiger partial charge in [-0.05, 0) is 32.4 Å². The fraction of sp³-hybridized carbons (Fsp3) is 0.316. The Morgan fingerprint density at radius 3 is 2.81 bits per heavy atom. The second-order valence-corrected chi connectivity index (χ2v) is 7.65. The maximum atomic E-state index is 12.6. The highest BCUT2D eigenvalue weighted by Gasteiger charge is 2.31. The Hall–Kier alpha value is -2.38. The van der Waals surface area contributed by atoms with Crippen molar-refractivity contribution < 1.29 is 19.2 Å². The predicted molar refractivity (Wildman–Crippen MR) is 106 cm³/mol. The summed E-state index contributed by atoms with van der Waals surface area (Å²) in [6.07, 6.45) is -0.484. The van der Waals surface area contributed by atoms with E-state index in [1.807, 2.05) is 32.0 Å². The Bertz CT molecular complexity index is 922. The van der Waals surface area contributed by atoms with Crippen molar-refractivity contribution in [3.05, 3.63) is 50.9 Å². The minimum Gasteiger partial charge on any atom is -0.462 e. The number of hydrogen-bond acceptors (Lipinski definition) is 6. The summed E-state index contributed by atoms with van der Waals surface area (Å²) >= 11 is 7.52. The molecule has 0 saturated heterocycles. The highest BCUT2D eigenvalue weighted by molar-refractivity contribution is 7.16. The lowest BCUT2D eigenvalue weighted by molar-refractivity contribution is -0.125. The molecule has 0 unspecified atom stereocenters. The number of carbonyl (C=O) groups excluding carboxylic acids is 2. The zero-order valence-corrected chi connectivity index (χ0v) is 16.7. The molecule has 1 aliphatic rings. The molecule has 0 bridgehead atoms. The third-order valence-corrected chi connectivity index (χ3v) is 5.70. The lowest BCUT2D eigenvalue weighted by atomic mass is 10.0. The number of halogens is 1. The first-order valence-electron chi connectivity index (χ1n) is 8.48. The van der Waals surface area contributed by atoms with Crippen molar-refractivity contribution in [3.8, 4) is 0 Å². The average Bonchev–Trinajstić information content (AvgIpc) is 3.21. The topological polar surface area (TPSA) is 77.0 Å². The Kier molecular flexibility index (Phi) is 5.82. The molecular formula is C19H19ClN2O4S. The van der Waals surface area contributed by atoms with E-state index in [1.165, 1.54) is 11.3 Å². The van der Waals surface area contributed by atoms with Gasteiger partial charge in [-0.1, -0.05) is 35.0 Å². The number of nitrogens with zero attached hydrogens (tertiary/aromatic N) is 1. The van der Waals surface area contributed by atoms with Crippen LogP contribution in [0.4, 0.5) is 5.00 Å². The summed E-state index contributed by atoms with van der Waals surface area (Å²) < 4.78 is 5.11. The second-order valence-electron chi connectivity index (χ2n) is 6.01. The molecule has 1 N–H and O–H groups in total. The number of thiophene rings is 1. The zero-order chi connectivity index (χ0) is 19.6. The molecule has 1 aliphatic heterocycles. The number of carbonyl (C=O) groups is 2. The molecule has 0 spiro atoms. The summed E-state index contributed by atoms with van der Waals surface area (Å²) in [5, 5.41) is 7.80. The van der Waals surface area contributed by atoms with Crippen molar-refractivity contribution in [3.63, 3.8) is 0 Å². The van der Waals surface area contributed by atoms with E-state index in [1.54, 1.807) is 13.0 Å². The van der Waals surface area contributed by atoms with Crippen LogP contribution in [0.1, 0.15) is 39.7 Å². The standard InChI is InChI=1S/C19H19ClN2O4S/c1-4-25-19(24)16-10(2)11(3)27-18(16)21-17(23)15-9-14(22-26-15)12-7-5-6-8-13(12)20/h5-8,15H,4,9H2,1-3H3,(H,21,23)/t15-/m0/s1. The summed E-state index contributed by atoms with van der Waals surface area (Å²) in [5.41, 5.74) is 2.54. The Morgan fingerprint density at radius 1 is 1.37 bits per heavy atom. The van der Waals surface area contributed by atoms with Crippen molar-refractivity contribution in [2.75, 3.05) is 11.9 Å². The van der Waals surface area contributed by atoms with Gasteiger partial charge in [0, 0.05) is 21.9 Å². The summed E-state index contributed by atoms with van der Waals surface area (Å²) in [4.78, 5) is 31.1. The van der Waals surface area contributed by atoms with Crippen LogP contribution in [0.25, 0.3) is 0 Å². The van der Waals surface area contributed by atoms with E-state index in [9.17, 15) is 9.59 Å². The van der Waals surface area contributed by atoms with Gasteiger partial charge >= 0.3 is 5.97 Å². The molecule has 2 aromatic rings. The molecular weight excluding hydrogens is 388 g/mol. The number of ether oxygens (including phenoxy) is 1. The van der Waals surface area contributed by atoms with E-state index < -0.39 is 12.1 Å². The third-order valence-electron chi connectivity index (χ3n) is 4.25. The van der Waals surface area contributed by atoms with E-state index in [0.29, 0.717) is 27.7 Å². The fourth-order valence-corrected chi connectivity index (χ4v) is 4.03. The van der Waals surface area contributed by atoms with Crippen molar-refractivity contribution >= 4 is 45.5 Å². The molecule has 0 radical (unpaired) electrons. The monoisotopic (exact) mass is 406 g/mol. The third kappa shape index (κ3) is 3.99. The average molecular weight is 407 g/mol. The SMILES string of the molecule is CCOC(=O)c1c(NC(=O)[C@@H]2CC(c3ccccc3Cl)=NO2)sc(C)c1C. The van der Waals surface area contributed by atoms with Crippen LogP contribution < -0.4 is 5.32 Å². The van der Waals surface area contributed by atoms with Gasteiger partial charge in [-0.15, -0.1) is 11.3 Å². The molecule has 1 aromatic carbocycles.